The molecular formula is C30H29BrN2O7S. The Morgan fingerprint density at radius 3 is 2.51 bits per heavy atom. The number of benzene rings is 2. The van der Waals surface area contributed by atoms with Gasteiger partial charge in [0.05, 0.1) is 39.5 Å². The van der Waals surface area contributed by atoms with E-state index in [1.54, 1.807) is 50.3 Å². The summed E-state index contributed by atoms with van der Waals surface area (Å²) in [6, 6.07) is 9.87. The van der Waals surface area contributed by atoms with E-state index in [4.69, 9.17) is 18.9 Å². The number of fused-ring (bicyclic) bond motifs is 1. The maximum atomic E-state index is 13.9. The highest BCUT2D eigenvalue weighted by atomic mass is 79.9. The van der Waals surface area contributed by atoms with E-state index < -0.39 is 18.0 Å². The molecule has 0 N–H and O–H groups in total. The summed E-state index contributed by atoms with van der Waals surface area (Å²) in [4.78, 5) is 43.7. The number of esters is 2. The number of nitrogens with zero attached hydrogens (tertiary/aromatic N) is 2. The van der Waals surface area contributed by atoms with Crippen LogP contribution in [0.15, 0.2) is 74.6 Å². The van der Waals surface area contributed by atoms with Gasteiger partial charge in [0.25, 0.3) is 5.56 Å². The van der Waals surface area contributed by atoms with Crippen molar-refractivity contribution in [1.82, 2.24) is 4.57 Å². The molecule has 214 valence electrons. The quantitative estimate of drug-likeness (QED) is 0.183. The average molecular weight is 642 g/mol. The van der Waals surface area contributed by atoms with Crippen molar-refractivity contribution in [2.24, 2.45) is 4.99 Å². The van der Waals surface area contributed by atoms with Gasteiger partial charge in [0.15, 0.2) is 16.3 Å². The zero-order valence-electron chi connectivity index (χ0n) is 23.1. The molecule has 41 heavy (non-hydrogen) atoms. The smallest absolute Gasteiger partial charge is 0.338 e. The fourth-order valence-corrected chi connectivity index (χ4v) is 5.92. The van der Waals surface area contributed by atoms with E-state index in [-0.39, 0.29) is 23.5 Å². The normalized spacial score (nSPS) is 14.7. The summed E-state index contributed by atoms with van der Waals surface area (Å²) in [6.07, 6.45) is 3.36. The van der Waals surface area contributed by atoms with Crippen LogP contribution in [0.4, 0.5) is 0 Å². The van der Waals surface area contributed by atoms with E-state index in [9.17, 15) is 14.4 Å². The molecule has 0 bridgehead atoms. The van der Waals surface area contributed by atoms with E-state index in [2.05, 4.69) is 27.5 Å². The van der Waals surface area contributed by atoms with Gasteiger partial charge in [0.1, 0.15) is 12.4 Å². The second-order valence-corrected chi connectivity index (χ2v) is 10.7. The molecule has 1 aliphatic rings. The van der Waals surface area contributed by atoms with Crippen LogP contribution in [0.2, 0.25) is 0 Å². The Kier molecular flexibility index (Phi) is 9.61. The number of rotatable bonds is 10. The molecule has 1 atom stereocenters. The second-order valence-electron chi connectivity index (χ2n) is 8.83. The first-order chi connectivity index (χ1) is 19.7. The number of ether oxygens (including phenoxy) is 4. The number of halogens is 1. The van der Waals surface area contributed by atoms with Crippen LogP contribution in [-0.2, 0) is 14.3 Å². The molecular weight excluding hydrogens is 612 g/mol. The number of thiazole rings is 1. The fourth-order valence-electron chi connectivity index (χ4n) is 4.34. The maximum Gasteiger partial charge on any atom is 0.338 e. The fraction of sp³-hybridized carbons (Fsp3) is 0.267. The highest BCUT2D eigenvalue weighted by Crippen LogP contribution is 2.37. The number of allylic oxidation sites excluding steroid dienone is 1. The first-order valence-corrected chi connectivity index (χ1v) is 14.5. The van der Waals surface area contributed by atoms with E-state index >= 15 is 0 Å². The summed E-state index contributed by atoms with van der Waals surface area (Å²) >= 11 is 4.65. The molecule has 1 aliphatic heterocycles. The van der Waals surface area contributed by atoms with Crippen LogP contribution in [0.5, 0.6) is 17.2 Å². The molecule has 0 radical (unpaired) electrons. The Bertz CT molecular complexity index is 1700. The Balaban J connectivity index is 1.88. The van der Waals surface area contributed by atoms with Crippen molar-refractivity contribution in [3.63, 3.8) is 0 Å². The van der Waals surface area contributed by atoms with Crippen molar-refractivity contribution in [2.45, 2.75) is 33.7 Å². The zero-order chi connectivity index (χ0) is 29.7. The van der Waals surface area contributed by atoms with Crippen LogP contribution in [0.1, 0.15) is 44.9 Å². The number of hydrogen-bond donors (Lipinski definition) is 0. The number of hydrogen-bond acceptors (Lipinski definition) is 9. The Hall–Kier alpha value is -3.96. The molecule has 2 aromatic carbocycles. The third-order valence-corrected chi connectivity index (χ3v) is 7.53. The standard InChI is InChI=1S/C30H29BrN2O7S/c1-6-13-39-21-11-9-20(10-12-21)26-25(29(36)38-8-3)17(4)32-30-33(26)28(35)24(41-30)16-19-14-22(31)27(40-18(5)34)23(15-19)37-7-2/h6,9-12,14-16,26H,1,7-8,13H2,2-5H3/t26-/m1/s1. The summed E-state index contributed by atoms with van der Waals surface area (Å²) in [5.74, 6) is 0.223. The van der Waals surface area contributed by atoms with Crippen molar-refractivity contribution < 1.29 is 28.5 Å². The minimum atomic E-state index is -0.752. The first kappa shape index (κ1) is 30.0. The summed E-state index contributed by atoms with van der Waals surface area (Å²) in [5.41, 5.74) is 1.78. The van der Waals surface area contributed by atoms with Gasteiger partial charge < -0.3 is 18.9 Å². The zero-order valence-corrected chi connectivity index (χ0v) is 25.5. The van der Waals surface area contributed by atoms with Crippen molar-refractivity contribution in [3.05, 3.63) is 95.6 Å². The van der Waals surface area contributed by atoms with Crippen molar-refractivity contribution in [1.29, 1.82) is 0 Å². The van der Waals surface area contributed by atoms with Gasteiger partial charge in [-0.15, -0.1) is 0 Å². The summed E-state index contributed by atoms with van der Waals surface area (Å²) < 4.78 is 24.4. The van der Waals surface area contributed by atoms with Gasteiger partial charge in [0, 0.05) is 6.92 Å². The van der Waals surface area contributed by atoms with Gasteiger partial charge in [-0.2, -0.15) is 0 Å². The van der Waals surface area contributed by atoms with Gasteiger partial charge >= 0.3 is 11.9 Å². The molecule has 9 nitrogen and oxygen atoms in total. The highest BCUT2D eigenvalue weighted by molar-refractivity contribution is 9.10. The molecule has 0 saturated heterocycles. The molecule has 0 unspecified atom stereocenters. The van der Waals surface area contributed by atoms with Crippen LogP contribution in [0.3, 0.4) is 0 Å². The number of carbonyl (C=O) groups is 2. The Morgan fingerprint density at radius 2 is 1.88 bits per heavy atom. The van der Waals surface area contributed by atoms with Gasteiger partial charge in [-0.1, -0.05) is 36.1 Å². The molecule has 0 amide bonds. The largest absolute Gasteiger partial charge is 0.490 e. The Labute approximate surface area is 249 Å². The van der Waals surface area contributed by atoms with Crippen LogP contribution >= 0.6 is 27.3 Å². The van der Waals surface area contributed by atoms with Crippen LogP contribution in [0, 0.1) is 0 Å². The van der Waals surface area contributed by atoms with Crippen molar-refractivity contribution in [2.75, 3.05) is 19.8 Å². The number of carbonyl (C=O) groups excluding carboxylic acids is 2. The molecule has 0 aliphatic carbocycles. The lowest BCUT2D eigenvalue weighted by molar-refractivity contribution is -0.139. The van der Waals surface area contributed by atoms with Crippen molar-refractivity contribution in [3.8, 4) is 17.2 Å². The van der Waals surface area contributed by atoms with E-state index in [1.165, 1.54) is 22.8 Å². The lowest BCUT2D eigenvalue weighted by Crippen LogP contribution is -2.39. The third kappa shape index (κ3) is 6.52. The van der Waals surface area contributed by atoms with Crippen molar-refractivity contribution >= 4 is 45.3 Å². The van der Waals surface area contributed by atoms with Crippen LogP contribution in [-0.4, -0.2) is 36.3 Å². The molecule has 4 rings (SSSR count). The summed E-state index contributed by atoms with van der Waals surface area (Å²) in [7, 11) is 0. The molecule has 1 aromatic heterocycles. The molecule has 0 saturated carbocycles. The van der Waals surface area contributed by atoms with Gasteiger partial charge in [0.2, 0.25) is 0 Å². The second kappa shape index (κ2) is 13.1. The van der Waals surface area contributed by atoms with E-state index in [0.717, 1.165) is 0 Å². The minimum absolute atomic E-state index is 0.182. The maximum absolute atomic E-state index is 13.9. The monoisotopic (exact) mass is 640 g/mol. The third-order valence-electron chi connectivity index (χ3n) is 5.96. The molecule has 0 spiro atoms. The topological polar surface area (TPSA) is 105 Å². The molecule has 11 heteroatoms. The van der Waals surface area contributed by atoms with Gasteiger partial charge in [-0.3, -0.25) is 14.2 Å². The van der Waals surface area contributed by atoms with E-state index in [1.807, 2.05) is 19.1 Å². The lowest BCUT2D eigenvalue weighted by atomic mass is 9.96. The number of aromatic nitrogens is 1. The van der Waals surface area contributed by atoms with Crippen LogP contribution < -0.4 is 29.1 Å². The van der Waals surface area contributed by atoms with Gasteiger partial charge in [-0.05, 0) is 78.2 Å². The first-order valence-electron chi connectivity index (χ1n) is 12.9. The highest BCUT2D eigenvalue weighted by Gasteiger charge is 2.33. The molecule has 2 heterocycles. The van der Waals surface area contributed by atoms with Gasteiger partial charge in [-0.25, -0.2) is 9.79 Å². The SMILES string of the molecule is C=CCOc1ccc([C@@H]2C(C(=O)OCC)=C(C)N=c3sc(=Cc4cc(Br)c(OC(C)=O)c(OCC)c4)c(=O)n32)cc1. The Morgan fingerprint density at radius 1 is 1.15 bits per heavy atom. The average Bonchev–Trinajstić information content (AvgIpc) is 3.23. The lowest BCUT2D eigenvalue weighted by Gasteiger charge is -2.24. The van der Waals surface area contributed by atoms with E-state index in [0.29, 0.717) is 55.3 Å². The minimum Gasteiger partial charge on any atom is -0.490 e. The van der Waals surface area contributed by atoms with Crippen LogP contribution in [0.25, 0.3) is 6.08 Å². The summed E-state index contributed by atoms with van der Waals surface area (Å²) in [5, 5.41) is 0. The predicted molar refractivity (Wildman–Crippen MR) is 159 cm³/mol. The predicted octanol–water partition coefficient (Wildman–Crippen LogP) is 4.45. The molecule has 3 aromatic rings. The summed E-state index contributed by atoms with van der Waals surface area (Å²) in [6.45, 7) is 11.1. The molecule has 0 fully saturated rings.